The van der Waals surface area contributed by atoms with Gasteiger partial charge in [-0.1, -0.05) is 292 Å². The van der Waals surface area contributed by atoms with Gasteiger partial charge in [-0.3, -0.25) is 0 Å². The highest BCUT2D eigenvalue weighted by molar-refractivity contribution is 5.80. The monoisotopic (exact) mass is 1450 g/mol. The topological polar surface area (TPSA) is 64.6 Å². The quantitative estimate of drug-likeness (QED) is 0.0848. The molecular formula is C101H130O7. The molecule has 108 heavy (non-hydrogen) atoms. The molecule has 0 aromatic heterocycles. The van der Waals surface area contributed by atoms with Crippen molar-refractivity contribution in [2.45, 2.75) is 280 Å². The van der Waals surface area contributed by atoms with Gasteiger partial charge in [0, 0.05) is 7.11 Å². The van der Waals surface area contributed by atoms with Gasteiger partial charge in [-0.2, -0.15) is 0 Å². The molecule has 0 bridgehead atoms. The van der Waals surface area contributed by atoms with E-state index in [9.17, 15) is 0 Å². The van der Waals surface area contributed by atoms with Crippen LogP contribution < -0.4 is 0 Å². The van der Waals surface area contributed by atoms with Gasteiger partial charge in [-0.15, -0.1) is 0 Å². The Morgan fingerprint density at radius 2 is 0.546 bits per heavy atom. The average Bonchev–Trinajstić information content (AvgIpc) is 1.63. The Balaban J connectivity index is 0.000000135. The van der Waals surface area contributed by atoms with Crippen molar-refractivity contribution < 1.29 is 33.2 Å². The van der Waals surface area contributed by atoms with Crippen LogP contribution in [0.4, 0.5) is 0 Å². The fourth-order valence-corrected chi connectivity index (χ4v) is 16.0. The van der Waals surface area contributed by atoms with E-state index in [1.165, 1.54) is 164 Å². The second kappa shape index (κ2) is 41.7. The summed E-state index contributed by atoms with van der Waals surface area (Å²) in [6, 6.07) is 77.2. The highest BCUT2D eigenvalue weighted by Crippen LogP contribution is 2.49. The SMILES string of the molecule is CC(C)OC1CCc2ccccc21.CC(C)OC1c2ccccc2-c2ccccc21.CC(C)[C@@H](C)OC1CCc2ccccc21.CC(C)[C@@H](C)OC1c2ccccc2-c2ccccc21.CC[C@@H](C)OC1CCc2ccccc21.CC[C@@H](C)OC1c2ccccc2-c2ccccc21.CO[C@H](C)C1CCCCCCC1. The van der Waals surface area contributed by atoms with Crippen LogP contribution in [-0.2, 0) is 52.4 Å². The molecule has 1 saturated carbocycles. The Kier molecular flexibility index (Phi) is 32.1. The summed E-state index contributed by atoms with van der Waals surface area (Å²) >= 11 is 0. The number of benzene rings is 9. The van der Waals surface area contributed by atoms with Gasteiger partial charge in [0.05, 0.1) is 61.0 Å². The fraction of sp³-hybridized carbons (Fsp3) is 0.465. The molecule has 0 heterocycles. The molecule has 0 saturated heterocycles. The molecule has 0 aliphatic heterocycles. The highest BCUT2D eigenvalue weighted by atomic mass is 16.5. The standard InChI is InChI=1S/C18H20O.C17H18O.C16H16O.C14H20O.C13H18O.C12H16O.C11H22O/c1-12(2)13(3)19-18-16-10-6-4-8-14(16)15-9-5-7-11-17(15)18;1-3-12(2)18-17-15-10-6-4-8-13(15)14-9-5-7-11-16(14)17;1-11(2)17-16-14-9-5-3-7-12(14)13-8-4-6-10-15(13)16;1-10(2)11(3)15-14-9-8-12-6-4-5-7-13(12)14;1-3-10(2)14-13-9-8-11-6-4-5-7-12(11)13;1-9(2)13-12-8-7-10-5-3-4-6-11(10)12;1-10(12-2)11-8-6-4-3-5-7-9-11/h4-13,18H,1-3H3;4-12,17H,3H2,1-2H3;3-11,16H,1-2H3;4-7,10-11,14H,8-9H2,1-3H3;4-7,10,13H,3,8-9H2,1-2H3;3-6,9,12H,7-8H2,1-2H3;10-11H,3-9H2,1-2H3/t13-;12-;;11-,14?;10-,13?;;10-/m11.11.1/s1. The minimum absolute atomic E-state index is 0.0878. The first kappa shape index (κ1) is 83.2. The third kappa shape index (κ3) is 22.1. The van der Waals surface area contributed by atoms with Gasteiger partial charge in [0.2, 0.25) is 0 Å². The van der Waals surface area contributed by atoms with E-state index in [1.54, 1.807) is 0 Å². The van der Waals surface area contributed by atoms with E-state index in [1.807, 2.05) is 7.11 Å². The first-order valence-corrected chi connectivity index (χ1v) is 41.6. The number of aryl methyl sites for hydroxylation is 3. The number of ether oxygens (including phenoxy) is 7. The summed E-state index contributed by atoms with van der Waals surface area (Å²) in [7, 11) is 1.84. The lowest BCUT2D eigenvalue weighted by Gasteiger charge is -2.24. The Labute approximate surface area is 652 Å². The van der Waals surface area contributed by atoms with Gasteiger partial charge in [0.25, 0.3) is 0 Å². The molecular weight excluding hydrogens is 1330 g/mol. The summed E-state index contributed by atoms with van der Waals surface area (Å²) in [5, 5.41) is 0. The first-order chi connectivity index (χ1) is 52.4. The Morgan fingerprint density at radius 3 is 0.870 bits per heavy atom. The molecule has 3 unspecified atom stereocenters. The number of hydrogen-bond acceptors (Lipinski definition) is 7. The average molecular weight is 1460 g/mol. The predicted molar refractivity (Wildman–Crippen MR) is 451 cm³/mol. The number of fused-ring (bicyclic) bond motifs is 12. The van der Waals surface area contributed by atoms with Crippen molar-refractivity contribution in [2.75, 3.05) is 7.11 Å². The molecule has 8 atom stereocenters. The van der Waals surface area contributed by atoms with Gasteiger partial charge < -0.3 is 33.2 Å². The number of hydrogen-bond donors (Lipinski definition) is 0. The minimum atomic E-state index is 0.0878. The maximum Gasteiger partial charge on any atom is 0.109 e. The summed E-state index contributed by atoms with van der Waals surface area (Å²) in [5.74, 6) is 1.95. The van der Waals surface area contributed by atoms with Crippen LogP contribution in [0, 0.1) is 17.8 Å². The third-order valence-electron chi connectivity index (χ3n) is 23.1. The van der Waals surface area contributed by atoms with Crippen LogP contribution in [-0.4, -0.2) is 49.8 Å². The zero-order valence-electron chi connectivity index (χ0n) is 68.5. The molecule has 7 nitrogen and oxygen atoms in total. The third-order valence-corrected chi connectivity index (χ3v) is 23.1. The van der Waals surface area contributed by atoms with Crippen molar-refractivity contribution in [3.05, 3.63) is 285 Å². The summed E-state index contributed by atoms with van der Waals surface area (Å²) < 4.78 is 41.9. The molecule has 0 amide bonds. The highest BCUT2D eigenvalue weighted by Gasteiger charge is 2.34. The van der Waals surface area contributed by atoms with Gasteiger partial charge in [0.1, 0.15) is 18.3 Å². The maximum atomic E-state index is 6.33. The summed E-state index contributed by atoms with van der Waals surface area (Å²) in [6.07, 6.45) is 22.7. The van der Waals surface area contributed by atoms with E-state index in [-0.39, 0.29) is 36.6 Å². The molecule has 9 aromatic rings. The zero-order valence-corrected chi connectivity index (χ0v) is 68.5. The van der Waals surface area contributed by atoms with Crippen molar-refractivity contribution in [2.24, 2.45) is 17.8 Å². The van der Waals surface area contributed by atoms with E-state index < -0.39 is 0 Å². The van der Waals surface area contributed by atoms with Crippen LogP contribution in [0.15, 0.2) is 218 Å². The maximum absolute atomic E-state index is 6.33. The van der Waals surface area contributed by atoms with E-state index in [2.05, 4.69) is 322 Å². The Hall–Kier alpha value is -7.30. The Morgan fingerprint density at radius 1 is 0.278 bits per heavy atom. The van der Waals surface area contributed by atoms with Crippen LogP contribution >= 0.6 is 0 Å². The molecule has 9 aromatic carbocycles. The van der Waals surface area contributed by atoms with Crippen molar-refractivity contribution in [1.29, 1.82) is 0 Å². The number of rotatable bonds is 18. The normalized spacial score (nSPS) is 18.5. The smallest absolute Gasteiger partial charge is 0.109 e. The lowest BCUT2D eigenvalue weighted by atomic mass is 9.88. The van der Waals surface area contributed by atoms with Crippen LogP contribution in [0.3, 0.4) is 0 Å². The van der Waals surface area contributed by atoms with Gasteiger partial charge >= 0.3 is 0 Å². The van der Waals surface area contributed by atoms with Gasteiger partial charge in [-0.05, 0) is 244 Å². The van der Waals surface area contributed by atoms with Gasteiger partial charge in [0.15, 0.2) is 0 Å². The van der Waals surface area contributed by atoms with Crippen LogP contribution in [0.25, 0.3) is 33.4 Å². The molecule has 7 aliphatic carbocycles. The van der Waals surface area contributed by atoms with E-state index in [4.69, 9.17) is 33.2 Å². The summed E-state index contributed by atoms with van der Waals surface area (Å²) in [5.41, 5.74) is 24.3. The van der Waals surface area contributed by atoms with Crippen molar-refractivity contribution in [3.63, 3.8) is 0 Å². The molecule has 7 aliphatic rings. The molecule has 576 valence electrons. The minimum Gasteiger partial charge on any atom is -0.381 e. The molecule has 0 N–H and O–H groups in total. The lowest BCUT2D eigenvalue weighted by Crippen LogP contribution is -2.20. The second-order valence-corrected chi connectivity index (χ2v) is 32.1. The van der Waals surface area contributed by atoms with Crippen LogP contribution in [0.1, 0.15) is 284 Å². The predicted octanol–water partition coefficient (Wildman–Crippen LogP) is 27.3. The Bertz CT molecular complexity index is 4020. The van der Waals surface area contributed by atoms with Crippen LogP contribution in [0.2, 0.25) is 0 Å². The largest absolute Gasteiger partial charge is 0.381 e. The van der Waals surface area contributed by atoms with Crippen LogP contribution in [0.5, 0.6) is 0 Å². The van der Waals surface area contributed by atoms with E-state index >= 15 is 0 Å². The van der Waals surface area contributed by atoms with Crippen molar-refractivity contribution in [1.82, 2.24) is 0 Å². The molecule has 1 fully saturated rings. The molecule has 0 spiro atoms. The molecule has 0 radical (unpaired) electrons. The number of methoxy groups -OCH3 is 1. The van der Waals surface area contributed by atoms with Crippen molar-refractivity contribution in [3.8, 4) is 33.4 Å². The van der Waals surface area contributed by atoms with E-state index in [0.717, 1.165) is 38.0 Å². The summed E-state index contributed by atoms with van der Waals surface area (Å²) in [6.45, 7) is 32.4. The zero-order chi connectivity index (χ0) is 76.6. The molecule has 7 heteroatoms. The fourth-order valence-electron chi connectivity index (χ4n) is 16.0. The summed E-state index contributed by atoms with van der Waals surface area (Å²) in [4.78, 5) is 0. The molecule has 16 rings (SSSR count). The van der Waals surface area contributed by atoms with E-state index in [0.29, 0.717) is 54.6 Å². The van der Waals surface area contributed by atoms with Gasteiger partial charge in [-0.25, -0.2) is 0 Å². The van der Waals surface area contributed by atoms with Crippen molar-refractivity contribution >= 4 is 0 Å². The second-order valence-electron chi connectivity index (χ2n) is 32.1. The lowest BCUT2D eigenvalue weighted by molar-refractivity contribution is -0.0255. The first-order valence-electron chi connectivity index (χ1n) is 41.6.